The molecule has 27 heavy (non-hydrogen) atoms. The molecule has 3 N–H and O–H groups in total. The first kappa shape index (κ1) is 17.0. The van der Waals surface area contributed by atoms with E-state index < -0.39 is 6.04 Å². The number of hydrogen-bond donors (Lipinski definition) is 3. The lowest BCUT2D eigenvalue weighted by molar-refractivity contribution is -0.127. The fourth-order valence-electron chi connectivity index (χ4n) is 3.30. The Morgan fingerprint density at radius 2 is 2.11 bits per heavy atom. The predicted octanol–water partition coefficient (Wildman–Crippen LogP) is 1.29. The van der Waals surface area contributed by atoms with Gasteiger partial charge in [-0.3, -0.25) is 9.59 Å². The summed E-state index contributed by atoms with van der Waals surface area (Å²) in [6.45, 7) is 2.69. The van der Waals surface area contributed by atoms with Gasteiger partial charge in [-0.15, -0.1) is 0 Å². The number of carbonyl (C=O) groups is 2. The number of aryl methyl sites for hydroxylation is 1. The van der Waals surface area contributed by atoms with Crippen molar-refractivity contribution in [3.05, 3.63) is 59.9 Å². The molecule has 3 aromatic rings. The summed E-state index contributed by atoms with van der Waals surface area (Å²) in [5.41, 5.74) is 2.74. The van der Waals surface area contributed by atoms with E-state index in [-0.39, 0.29) is 11.8 Å². The maximum Gasteiger partial charge on any atom is 0.275 e. The van der Waals surface area contributed by atoms with E-state index in [0.29, 0.717) is 36.7 Å². The smallest absolute Gasteiger partial charge is 0.275 e. The summed E-state index contributed by atoms with van der Waals surface area (Å²) in [5, 5.41) is 2.83. The van der Waals surface area contributed by atoms with Gasteiger partial charge in [0.15, 0.2) is 0 Å². The van der Waals surface area contributed by atoms with Crippen LogP contribution in [-0.2, 0) is 11.2 Å². The van der Waals surface area contributed by atoms with Gasteiger partial charge in [0.1, 0.15) is 17.6 Å². The highest BCUT2D eigenvalue weighted by Crippen LogP contribution is 2.20. The van der Waals surface area contributed by atoms with Gasteiger partial charge in [0, 0.05) is 42.7 Å². The minimum Gasteiger partial charge on any atom is -0.353 e. The van der Waals surface area contributed by atoms with Crippen molar-refractivity contribution >= 4 is 11.8 Å². The zero-order valence-electron chi connectivity index (χ0n) is 14.9. The third kappa shape index (κ3) is 3.33. The molecule has 1 aromatic carbocycles. The molecule has 2 amide bonds. The highest BCUT2D eigenvalue weighted by molar-refractivity contribution is 5.98. The van der Waals surface area contributed by atoms with Crippen molar-refractivity contribution in [2.24, 2.45) is 0 Å². The average molecular weight is 364 g/mol. The molecule has 4 rings (SSSR count). The first-order chi connectivity index (χ1) is 13.1. The Kier molecular flexibility index (Phi) is 4.45. The number of benzene rings is 1. The first-order valence-corrected chi connectivity index (χ1v) is 8.81. The first-order valence-electron chi connectivity index (χ1n) is 8.81. The number of aromatic nitrogens is 4. The third-order valence-corrected chi connectivity index (χ3v) is 4.69. The SMILES string of the molecule is Cc1[nH]c(-c2ccccc2)nc1C(=O)N1CCNC(=O)C1Cc1cnc[nH]1. The van der Waals surface area contributed by atoms with Crippen molar-refractivity contribution in [2.45, 2.75) is 19.4 Å². The van der Waals surface area contributed by atoms with E-state index >= 15 is 0 Å². The number of rotatable bonds is 4. The molecule has 1 aliphatic rings. The molecule has 3 heterocycles. The second-order valence-electron chi connectivity index (χ2n) is 6.51. The molecule has 2 aromatic heterocycles. The van der Waals surface area contributed by atoms with E-state index in [4.69, 9.17) is 0 Å². The number of nitrogens with zero attached hydrogens (tertiary/aromatic N) is 3. The van der Waals surface area contributed by atoms with Crippen LogP contribution >= 0.6 is 0 Å². The van der Waals surface area contributed by atoms with E-state index in [1.807, 2.05) is 37.3 Å². The molecular formula is C19H20N6O2. The van der Waals surface area contributed by atoms with Crippen LogP contribution in [0.25, 0.3) is 11.4 Å². The standard InChI is InChI=1S/C19H20N6O2/c1-12-16(24-17(23-12)13-5-3-2-4-6-13)19(27)25-8-7-21-18(26)15(25)9-14-10-20-11-22-14/h2-6,10-11,15H,7-9H2,1H3,(H,20,22)(H,21,26)(H,23,24). The number of carbonyl (C=O) groups excluding carboxylic acids is 2. The van der Waals surface area contributed by atoms with Gasteiger partial charge in [-0.25, -0.2) is 9.97 Å². The Morgan fingerprint density at radius 3 is 2.85 bits per heavy atom. The number of aromatic amines is 2. The Labute approximate surface area is 156 Å². The van der Waals surface area contributed by atoms with Gasteiger partial charge in [-0.1, -0.05) is 30.3 Å². The molecule has 138 valence electrons. The summed E-state index contributed by atoms with van der Waals surface area (Å²) < 4.78 is 0. The average Bonchev–Trinajstić information content (AvgIpc) is 3.33. The van der Waals surface area contributed by atoms with Gasteiger partial charge < -0.3 is 20.2 Å². The van der Waals surface area contributed by atoms with Crippen molar-refractivity contribution in [1.82, 2.24) is 30.2 Å². The molecule has 8 nitrogen and oxygen atoms in total. The molecule has 1 atom stereocenters. The summed E-state index contributed by atoms with van der Waals surface area (Å²) in [6.07, 6.45) is 3.61. The monoisotopic (exact) mass is 364 g/mol. The molecule has 8 heteroatoms. The topological polar surface area (TPSA) is 107 Å². The summed E-state index contributed by atoms with van der Waals surface area (Å²) in [7, 11) is 0. The molecule has 0 aliphatic carbocycles. The molecule has 1 fully saturated rings. The quantitative estimate of drug-likeness (QED) is 0.648. The molecule has 0 radical (unpaired) electrons. The zero-order valence-corrected chi connectivity index (χ0v) is 14.9. The fraction of sp³-hybridized carbons (Fsp3) is 0.263. The molecule has 1 saturated heterocycles. The van der Waals surface area contributed by atoms with Crippen molar-refractivity contribution in [1.29, 1.82) is 0 Å². The highest BCUT2D eigenvalue weighted by Gasteiger charge is 2.35. The lowest BCUT2D eigenvalue weighted by Crippen LogP contribution is -2.58. The van der Waals surface area contributed by atoms with Crippen LogP contribution < -0.4 is 5.32 Å². The van der Waals surface area contributed by atoms with Gasteiger partial charge >= 0.3 is 0 Å². The Balaban J connectivity index is 1.62. The zero-order chi connectivity index (χ0) is 18.8. The van der Waals surface area contributed by atoms with E-state index in [1.165, 1.54) is 0 Å². The van der Waals surface area contributed by atoms with Crippen LogP contribution in [0.4, 0.5) is 0 Å². The van der Waals surface area contributed by atoms with Crippen molar-refractivity contribution in [3.8, 4) is 11.4 Å². The molecule has 0 saturated carbocycles. The summed E-state index contributed by atoms with van der Waals surface area (Å²) >= 11 is 0. The number of nitrogens with one attached hydrogen (secondary N) is 3. The van der Waals surface area contributed by atoms with E-state index in [2.05, 4.69) is 25.3 Å². The van der Waals surface area contributed by atoms with Crippen LogP contribution in [-0.4, -0.2) is 55.8 Å². The van der Waals surface area contributed by atoms with Gasteiger partial charge in [0.25, 0.3) is 5.91 Å². The van der Waals surface area contributed by atoms with Gasteiger partial charge in [0.2, 0.25) is 5.91 Å². The second kappa shape index (κ2) is 7.06. The lowest BCUT2D eigenvalue weighted by atomic mass is 10.1. The Bertz CT molecular complexity index is 948. The molecule has 1 unspecified atom stereocenters. The van der Waals surface area contributed by atoms with Crippen molar-refractivity contribution in [3.63, 3.8) is 0 Å². The molecule has 0 spiro atoms. The van der Waals surface area contributed by atoms with Crippen molar-refractivity contribution in [2.75, 3.05) is 13.1 Å². The Hall–Kier alpha value is -3.42. The number of amides is 2. The summed E-state index contributed by atoms with van der Waals surface area (Å²) in [5.74, 6) is 0.231. The Morgan fingerprint density at radius 1 is 1.30 bits per heavy atom. The van der Waals surface area contributed by atoms with Crippen LogP contribution in [0.1, 0.15) is 21.9 Å². The number of imidazole rings is 2. The largest absolute Gasteiger partial charge is 0.353 e. The number of piperazine rings is 1. The van der Waals surface area contributed by atoms with E-state index in [0.717, 1.165) is 11.3 Å². The maximum absolute atomic E-state index is 13.2. The second-order valence-corrected chi connectivity index (χ2v) is 6.51. The van der Waals surface area contributed by atoms with Crippen LogP contribution in [0.2, 0.25) is 0 Å². The van der Waals surface area contributed by atoms with Crippen LogP contribution in [0.15, 0.2) is 42.9 Å². The normalized spacial score (nSPS) is 17.0. The van der Waals surface area contributed by atoms with Crippen molar-refractivity contribution < 1.29 is 9.59 Å². The summed E-state index contributed by atoms with van der Waals surface area (Å²) in [6, 6.07) is 9.04. The third-order valence-electron chi connectivity index (χ3n) is 4.69. The predicted molar refractivity (Wildman–Crippen MR) is 98.9 cm³/mol. The molecule has 0 bridgehead atoms. The number of hydrogen-bond acceptors (Lipinski definition) is 4. The minimum absolute atomic E-state index is 0.166. The fourth-order valence-corrected chi connectivity index (χ4v) is 3.30. The van der Waals surface area contributed by atoms with Gasteiger partial charge in [0.05, 0.1) is 6.33 Å². The lowest BCUT2D eigenvalue weighted by Gasteiger charge is -2.34. The summed E-state index contributed by atoms with van der Waals surface area (Å²) in [4.78, 5) is 41.9. The van der Waals surface area contributed by atoms with Gasteiger partial charge in [-0.05, 0) is 6.92 Å². The van der Waals surface area contributed by atoms with E-state index in [1.54, 1.807) is 17.4 Å². The van der Waals surface area contributed by atoms with Crippen LogP contribution in [0.3, 0.4) is 0 Å². The number of H-pyrrole nitrogens is 2. The highest BCUT2D eigenvalue weighted by atomic mass is 16.2. The molecule has 1 aliphatic heterocycles. The van der Waals surface area contributed by atoms with Crippen LogP contribution in [0.5, 0.6) is 0 Å². The molecular weight excluding hydrogens is 344 g/mol. The van der Waals surface area contributed by atoms with E-state index in [9.17, 15) is 9.59 Å². The maximum atomic E-state index is 13.2. The minimum atomic E-state index is -0.594. The van der Waals surface area contributed by atoms with Crippen LogP contribution in [0, 0.1) is 6.92 Å². The van der Waals surface area contributed by atoms with Gasteiger partial charge in [-0.2, -0.15) is 0 Å².